The standard InChI is InChI=1S/C12H15FN2O5/c1-7(6-20-3)14(2)10-4-8(12(16)17)9(13)5-11(10)15(18)19/h4-5,7H,6H2,1-3H3,(H,16,17). The number of benzene rings is 1. The number of nitrogens with zero attached hydrogens (tertiary/aromatic N) is 2. The molecule has 1 atom stereocenters. The average molecular weight is 286 g/mol. The lowest BCUT2D eigenvalue weighted by Gasteiger charge is -2.26. The third-order valence-electron chi connectivity index (χ3n) is 2.94. The number of rotatable bonds is 6. The van der Waals surface area contributed by atoms with Crippen molar-refractivity contribution in [2.75, 3.05) is 25.7 Å². The lowest BCUT2D eigenvalue weighted by Crippen LogP contribution is -2.33. The number of ether oxygens (including phenoxy) is 1. The Morgan fingerprint density at radius 2 is 2.20 bits per heavy atom. The molecule has 0 amide bonds. The zero-order chi connectivity index (χ0) is 15.4. The topological polar surface area (TPSA) is 92.9 Å². The van der Waals surface area contributed by atoms with Crippen LogP contribution in [0.4, 0.5) is 15.8 Å². The van der Waals surface area contributed by atoms with Gasteiger partial charge in [0.1, 0.15) is 11.5 Å². The first-order chi connectivity index (χ1) is 9.29. The first kappa shape index (κ1) is 15.8. The summed E-state index contributed by atoms with van der Waals surface area (Å²) >= 11 is 0. The third kappa shape index (κ3) is 3.21. The summed E-state index contributed by atoms with van der Waals surface area (Å²) in [5.74, 6) is -2.62. The fourth-order valence-electron chi connectivity index (χ4n) is 1.73. The van der Waals surface area contributed by atoms with Crippen molar-refractivity contribution >= 4 is 17.3 Å². The molecule has 1 aromatic rings. The summed E-state index contributed by atoms with van der Waals surface area (Å²) in [4.78, 5) is 22.6. The van der Waals surface area contributed by atoms with Crippen molar-refractivity contribution in [3.8, 4) is 0 Å². The lowest BCUT2D eigenvalue weighted by atomic mass is 10.1. The van der Waals surface area contributed by atoms with E-state index < -0.39 is 28.0 Å². The van der Waals surface area contributed by atoms with E-state index in [0.717, 1.165) is 6.07 Å². The number of aromatic carboxylic acids is 1. The highest BCUT2D eigenvalue weighted by Gasteiger charge is 2.25. The van der Waals surface area contributed by atoms with Crippen molar-refractivity contribution in [2.45, 2.75) is 13.0 Å². The first-order valence-corrected chi connectivity index (χ1v) is 5.72. The minimum atomic E-state index is -1.48. The summed E-state index contributed by atoms with van der Waals surface area (Å²) in [6.07, 6.45) is 0. The maximum Gasteiger partial charge on any atom is 0.338 e. The molecule has 0 heterocycles. The maximum absolute atomic E-state index is 13.5. The highest BCUT2D eigenvalue weighted by atomic mass is 19.1. The second-order valence-corrected chi connectivity index (χ2v) is 4.30. The Kier molecular flexibility index (Phi) is 4.98. The molecule has 1 unspecified atom stereocenters. The van der Waals surface area contributed by atoms with E-state index in [0.29, 0.717) is 6.07 Å². The molecule has 110 valence electrons. The van der Waals surface area contributed by atoms with Crippen LogP contribution in [0.3, 0.4) is 0 Å². The van der Waals surface area contributed by atoms with E-state index >= 15 is 0 Å². The predicted octanol–water partition coefficient (Wildman–Crippen LogP) is 1.90. The summed E-state index contributed by atoms with van der Waals surface area (Å²) in [6, 6.07) is 1.34. The molecule has 0 aliphatic heterocycles. The Hall–Kier alpha value is -2.22. The number of likely N-dealkylation sites (N-methyl/N-ethyl adjacent to an activating group) is 1. The van der Waals surface area contributed by atoms with E-state index in [-0.39, 0.29) is 18.3 Å². The van der Waals surface area contributed by atoms with Crippen LogP contribution < -0.4 is 4.90 Å². The van der Waals surface area contributed by atoms with Crippen LogP contribution in [0.15, 0.2) is 12.1 Å². The van der Waals surface area contributed by atoms with Crippen LogP contribution in [0.2, 0.25) is 0 Å². The van der Waals surface area contributed by atoms with Gasteiger partial charge in [0.25, 0.3) is 5.69 Å². The van der Waals surface area contributed by atoms with Crippen LogP contribution in [-0.4, -0.2) is 42.8 Å². The largest absolute Gasteiger partial charge is 0.478 e. The van der Waals surface area contributed by atoms with Crippen LogP contribution in [0.1, 0.15) is 17.3 Å². The summed E-state index contributed by atoms with van der Waals surface area (Å²) in [6.45, 7) is 2.03. The molecule has 0 spiro atoms. The SMILES string of the molecule is COCC(C)N(C)c1cc(C(=O)O)c(F)cc1[N+](=O)[O-]. The zero-order valence-electron chi connectivity index (χ0n) is 11.3. The molecule has 7 nitrogen and oxygen atoms in total. The number of hydrogen-bond acceptors (Lipinski definition) is 5. The first-order valence-electron chi connectivity index (χ1n) is 5.72. The molecule has 0 aliphatic rings. The molecule has 0 fully saturated rings. The fourth-order valence-corrected chi connectivity index (χ4v) is 1.73. The molecule has 0 saturated carbocycles. The molecule has 0 bridgehead atoms. The number of nitro benzene ring substituents is 1. The van der Waals surface area contributed by atoms with Gasteiger partial charge in [-0.1, -0.05) is 0 Å². The molecule has 1 N–H and O–H groups in total. The Morgan fingerprint density at radius 3 is 2.65 bits per heavy atom. The van der Waals surface area contributed by atoms with Crippen LogP contribution in [0.25, 0.3) is 0 Å². The second kappa shape index (κ2) is 6.29. The van der Waals surface area contributed by atoms with Gasteiger partial charge >= 0.3 is 5.97 Å². The van der Waals surface area contributed by atoms with E-state index in [4.69, 9.17) is 9.84 Å². The Balaban J connectivity index is 3.37. The quantitative estimate of drug-likeness (QED) is 0.634. The van der Waals surface area contributed by atoms with Crippen LogP contribution in [0, 0.1) is 15.9 Å². The van der Waals surface area contributed by atoms with E-state index in [1.807, 2.05) is 0 Å². The number of methoxy groups -OCH3 is 1. The van der Waals surface area contributed by atoms with Crippen LogP contribution in [-0.2, 0) is 4.74 Å². The molecule has 0 radical (unpaired) electrons. The Labute approximate surface area is 114 Å². The number of carbonyl (C=O) groups is 1. The summed E-state index contributed by atoms with van der Waals surface area (Å²) in [5, 5.41) is 19.9. The van der Waals surface area contributed by atoms with Gasteiger partial charge in [0.15, 0.2) is 0 Å². The molecule has 20 heavy (non-hydrogen) atoms. The molecule has 0 saturated heterocycles. The summed E-state index contributed by atoms with van der Waals surface area (Å²) in [5.41, 5.74) is -1.07. The molecule has 1 rings (SSSR count). The van der Waals surface area contributed by atoms with Crippen molar-refractivity contribution in [2.24, 2.45) is 0 Å². The number of nitro groups is 1. The summed E-state index contributed by atoms with van der Waals surface area (Å²) in [7, 11) is 3.03. The van der Waals surface area contributed by atoms with Gasteiger partial charge in [0.2, 0.25) is 0 Å². The van der Waals surface area contributed by atoms with Crippen LogP contribution in [0.5, 0.6) is 0 Å². The second-order valence-electron chi connectivity index (χ2n) is 4.30. The predicted molar refractivity (Wildman–Crippen MR) is 69.8 cm³/mol. The Bertz CT molecular complexity index is 535. The van der Waals surface area contributed by atoms with E-state index in [1.54, 1.807) is 14.0 Å². The molecule has 1 aromatic carbocycles. The number of carboxylic acids is 1. The Morgan fingerprint density at radius 1 is 1.60 bits per heavy atom. The van der Waals surface area contributed by atoms with E-state index in [9.17, 15) is 19.3 Å². The van der Waals surface area contributed by atoms with E-state index in [1.165, 1.54) is 12.0 Å². The highest BCUT2D eigenvalue weighted by molar-refractivity contribution is 5.90. The zero-order valence-corrected chi connectivity index (χ0v) is 11.3. The normalized spacial score (nSPS) is 12.0. The van der Waals surface area contributed by atoms with Crippen molar-refractivity contribution < 1.29 is 24.0 Å². The fraction of sp³-hybridized carbons (Fsp3) is 0.417. The van der Waals surface area contributed by atoms with Crippen molar-refractivity contribution in [1.82, 2.24) is 0 Å². The van der Waals surface area contributed by atoms with Crippen molar-refractivity contribution in [3.63, 3.8) is 0 Å². The van der Waals surface area contributed by atoms with Gasteiger partial charge in [-0.25, -0.2) is 9.18 Å². The van der Waals surface area contributed by atoms with Gasteiger partial charge in [-0.3, -0.25) is 10.1 Å². The molecule has 0 aromatic heterocycles. The van der Waals surface area contributed by atoms with Gasteiger partial charge in [-0.05, 0) is 13.0 Å². The van der Waals surface area contributed by atoms with Crippen molar-refractivity contribution in [3.05, 3.63) is 33.6 Å². The minimum Gasteiger partial charge on any atom is -0.478 e. The monoisotopic (exact) mass is 286 g/mol. The number of halogens is 1. The number of hydrogen-bond donors (Lipinski definition) is 1. The van der Waals surface area contributed by atoms with Gasteiger partial charge in [-0.15, -0.1) is 0 Å². The van der Waals surface area contributed by atoms with Gasteiger partial charge < -0.3 is 14.7 Å². The lowest BCUT2D eigenvalue weighted by molar-refractivity contribution is -0.384. The third-order valence-corrected chi connectivity index (χ3v) is 2.94. The average Bonchev–Trinajstić information content (AvgIpc) is 2.37. The molecule has 8 heteroatoms. The summed E-state index contributed by atoms with van der Waals surface area (Å²) < 4.78 is 18.5. The highest BCUT2D eigenvalue weighted by Crippen LogP contribution is 2.31. The molecule has 0 aliphatic carbocycles. The number of anilines is 1. The molecular formula is C12H15FN2O5. The van der Waals surface area contributed by atoms with Gasteiger partial charge in [0, 0.05) is 20.2 Å². The molecular weight excluding hydrogens is 271 g/mol. The minimum absolute atomic E-state index is 0.0263. The smallest absolute Gasteiger partial charge is 0.338 e. The van der Waals surface area contributed by atoms with Crippen LogP contribution >= 0.6 is 0 Å². The maximum atomic E-state index is 13.5. The van der Waals surface area contributed by atoms with E-state index in [2.05, 4.69) is 0 Å². The van der Waals surface area contributed by atoms with Crippen molar-refractivity contribution in [1.29, 1.82) is 0 Å². The number of carboxylic acid groups (broad SMARTS) is 1. The van der Waals surface area contributed by atoms with Gasteiger partial charge in [-0.2, -0.15) is 0 Å². The van der Waals surface area contributed by atoms with Gasteiger partial charge in [0.05, 0.1) is 23.2 Å².